The minimum absolute atomic E-state index is 0.619. The molecule has 1 fully saturated rings. The molecule has 2 aromatic carbocycles. The topological polar surface area (TPSA) is 24.9 Å². The van der Waals surface area contributed by atoms with Crippen molar-refractivity contribution < 1.29 is 9.47 Å². The van der Waals surface area contributed by atoms with Gasteiger partial charge in [0.1, 0.15) is 13.2 Å². The number of benzene rings is 2. The molecule has 4 nitrogen and oxygen atoms in total. The fourth-order valence-electron chi connectivity index (χ4n) is 3.33. The Hall–Kier alpha value is -1.72. The van der Waals surface area contributed by atoms with E-state index in [2.05, 4.69) is 62.1 Å². The minimum atomic E-state index is 0.619. The number of anilines is 1. The summed E-state index contributed by atoms with van der Waals surface area (Å²) < 4.78 is 12.7. The second kappa shape index (κ2) is 7.03. The van der Waals surface area contributed by atoms with Gasteiger partial charge in [-0.1, -0.05) is 46.3 Å². The van der Waals surface area contributed by atoms with Crippen LogP contribution in [-0.2, 0) is 6.54 Å². The summed E-state index contributed by atoms with van der Waals surface area (Å²) in [6, 6.07) is 14.8. The monoisotopic (exact) mass is 388 g/mol. The Bertz CT molecular complexity index is 700. The van der Waals surface area contributed by atoms with Gasteiger partial charge in [0.15, 0.2) is 11.5 Å². The van der Waals surface area contributed by atoms with E-state index in [1.165, 1.54) is 5.56 Å². The summed E-state index contributed by atoms with van der Waals surface area (Å²) in [5.41, 5.74) is 2.51. The fourth-order valence-corrected chi connectivity index (χ4v) is 3.75. The Kier molecular flexibility index (Phi) is 4.63. The number of piperazine rings is 1. The first-order chi connectivity index (χ1) is 11.8. The van der Waals surface area contributed by atoms with E-state index >= 15 is 0 Å². The van der Waals surface area contributed by atoms with E-state index in [4.69, 9.17) is 9.47 Å². The number of hydrogen-bond acceptors (Lipinski definition) is 4. The lowest BCUT2D eigenvalue weighted by atomic mass is 10.1. The number of hydrogen-bond donors (Lipinski definition) is 0. The molecule has 4 rings (SSSR count). The number of fused-ring (bicyclic) bond motifs is 1. The molecule has 0 N–H and O–H groups in total. The molecule has 0 atom stereocenters. The molecule has 0 bridgehead atoms. The number of nitrogens with zero attached hydrogens (tertiary/aromatic N) is 2. The van der Waals surface area contributed by atoms with Gasteiger partial charge in [-0.05, 0) is 17.7 Å². The number of ether oxygens (including phenoxy) is 2. The van der Waals surface area contributed by atoms with Gasteiger partial charge in [0.05, 0.1) is 5.69 Å². The van der Waals surface area contributed by atoms with Crippen molar-refractivity contribution >= 4 is 21.6 Å². The molecule has 0 aromatic heterocycles. The quantitative estimate of drug-likeness (QED) is 0.802. The molecule has 2 aliphatic heterocycles. The Morgan fingerprint density at radius 2 is 1.67 bits per heavy atom. The summed E-state index contributed by atoms with van der Waals surface area (Å²) in [7, 11) is 0. The van der Waals surface area contributed by atoms with E-state index < -0.39 is 0 Å². The van der Waals surface area contributed by atoms with Crippen LogP contribution in [0.2, 0.25) is 0 Å². The number of halogens is 1. The van der Waals surface area contributed by atoms with E-state index in [1.54, 1.807) is 0 Å². The highest BCUT2D eigenvalue weighted by Gasteiger charge is 2.24. The first-order valence-corrected chi connectivity index (χ1v) is 9.19. The van der Waals surface area contributed by atoms with Gasteiger partial charge >= 0.3 is 0 Å². The van der Waals surface area contributed by atoms with Crippen molar-refractivity contribution in [2.24, 2.45) is 0 Å². The second-order valence-electron chi connectivity index (χ2n) is 6.20. The van der Waals surface area contributed by atoms with Crippen molar-refractivity contribution in [3.8, 4) is 11.5 Å². The standard InChI is InChI=1S/C19H21BrN2O2/c20-16-12-17(19-18(13-16)23-10-11-24-19)22-8-6-21(7-9-22)14-15-4-2-1-3-5-15/h1-5,12-13H,6-11,14H2. The molecule has 0 aliphatic carbocycles. The SMILES string of the molecule is Brc1cc2c(c(N3CCN(Cc4ccccc4)CC3)c1)OCCO2. The molecule has 1 saturated heterocycles. The molecule has 24 heavy (non-hydrogen) atoms. The molecule has 0 amide bonds. The van der Waals surface area contributed by atoms with E-state index in [1.807, 2.05) is 6.07 Å². The highest BCUT2D eigenvalue weighted by molar-refractivity contribution is 9.10. The van der Waals surface area contributed by atoms with Gasteiger partial charge in [-0.15, -0.1) is 0 Å². The van der Waals surface area contributed by atoms with Gasteiger partial charge in [-0.25, -0.2) is 0 Å². The fraction of sp³-hybridized carbons (Fsp3) is 0.368. The maximum absolute atomic E-state index is 5.88. The van der Waals surface area contributed by atoms with Crippen LogP contribution >= 0.6 is 15.9 Å². The molecule has 0 spiro atoms. The number of rotatable bonds is 3. The molecule has 0 unspecified atom stereocenters. The van der Waals surface area contributed by atoms with E-state index in [0.717, 1.165) is 54.4 Å². The van der Waals surface area contributed by atoms with Crippen LogP contribution in [0.4, 0.5) is 5.69 Å². The highest BCUT2D eigenvalue weighted by atomic mass is 79.9. The molecule has 2 aliphatic rings. The van der Waals surface area contributed by atoms with Gasteiger partial charge in [0.2, 0.25) is 0 Å². The van der Waals surface area contributed by atoms with E-state index in [9.17, 15) is 0 Å². The molecular formula is C19H21BrN2O2. The van der Waals surface area contributed by atoms with Crippen molar-refractivity contribution in [3.63, 3.8) is 0 Å². The Labute approximate surface area is 151 Å². The zero-order valence-electron chi connectivity index (χ0n) is 13.6. The molecular weight excluding hydrogens is 368 g/mol. The largest absolute Gasteiger partial charge is 0.486 e. The van der Waals surface area contributed by atoms with Gasteiger partial charge < -0.3 is 14.4 Å². The average Bonchev–Trinajstić information content (AvgIpc) is 2.62. The van der Waals surface area contributed by atoms with Gasteiger partial charge in [-0.2, -0.15) is 0 Å². The maximum atomic E-state index is 5.88. The normalized spacial score (nSPS) is 17.8. The highest BCUT2D eigenvalue weighted by Crippen LogP contribution is 2.42. The van der Waals surface area contributed by atoms with Crippen molar-refractivity contribution in [1.82, 2.24) is 4.90 Å². The Morgan fingerprint density at radius 3 is 2.46 bits per heavy atom. The first kappa shape index (κ1) is 15.8. The first-order valence-electron chi connectivity index (χ1n) is 8.40. The van der Waals surface area contributed by atoms with Crippen LogP contribution in [0.25, 0.3) is 0 Å². The summed E-state index contributed by atoms with van der Waals surface area (Å²) in [6.45, 7) is 6.36. The predicted molar refractivity (Wildman–Crippen MR) is 99.1 cm³/mol. The van der Waals surface area contributed by atoms with Crippen molar-refractivity contribution in [2.45, 2.75) is 6.54 Å². The zero-order chi connectivity index (χ0) is 16.4. The lowest BCUT2D eigenvalue weighted by molar-refractivity contribution is 0.171. The van der Waals surface area contributed by atoms with Crippen LogP contribution < -0.4 is 14.4 Å². The minimum Gasteiger partial charge on any atom is -0.486 e. The van der Waals surface area contributed by atoms with Gasteiger partial charge in [-0.3, -0.25) is 4.90 Å². The zero-order valence-corrected chi connectivity index (χ0v) is 15.2. The third kappa shape index (κ3) is 3.37. The summed E-state index contributed by atoms with van der Waals surface area (Å²) in [6.07, 6.45) is 0. The van der Waals surface area contributed by atoms with Gasteiger partial charge in [0, 0.05) is 37.2 Å². The maximum Gasteiger partial charge on any atom is 0.184 e. The summed E-state index contributed by atoms with van der Waals surface area (Å²) in [5.74, 6) is 1.73. The lowest BCUT2D eigenvalue weighted by Crippen LogP contribution is -2.46. The molecule has 5 heteroatoms. The van der Waals surface area contributed by atoms with Crippen LogP contribution in [0, 0.1) is 0 Å². The van der Waals surface area contributed by atoms with Crippen molar-refractivity contribution in [2.75, 3.05) is 44.3 Å². The third-order valence-corrected chi connectivity index (χ3v) is 5.01. The summed E-state index contributed by atoms with van der Waals surface area (Å²) >= 11 is 3.59. The van der Waals surface area contributed by atoms with Crippen molar-refractivity contribution in [3.05, 3.63) is 52.5 Å². The molecule has 2 aromatic rings. The van der Waals surface area contributed by atoms with E-state index in [0.29, 0.717) is 13.2 Å². The van der Waals surface area contributed by atoms with Crippen LogP contribution in [0.1, 0.15) is 5.56 Å². The second-order valence-corrected chi connectivity index (χ2v) is 7.11. The molecule has 126 valence electrons. The average molecular weight is 389 g/mol. The molecule has 0 radical (unpaired) electrons. The Morgan fingerprint density at radius 1 is 0.917 bits per heavy atom. The van der Waals surface area contributed by atoms with Crippen molar-refractivity contribution in [1.29, 1.82) is 0 Å². The van der Waals surface area contributed by atoms with Crippen LogP contribution in [0.15, 0.2) is 46.9 Å². The van der Waals surface area contributed by atoms with Crippen LogP contribution in [-0.4, -0.2) is 44.3 Å². The smallest absolute Gasteiger partial charge is 0.184 e. The summed E-state index contributed by atoms with van der Waals surface area (Å²) in [5, 5.41) is 0. The molecule has 0 saturated carbocycles. The van der Waals surface area contributed by atoms with Crippen LogP contribution in [0.5, 0.6) is 11.5 Å². The molecule has 2 heterocycles. The summed E-state index contributed by atoms with van der Waals surface area (Å²) in [4.78, 5) is 4.91. The van der Waals surface area contributed by atoms with Crippen LogP contribution in [0.3, 0.4) is 0 Å². The lowest BCUT2D eigenvalue weighted by Gasteiger charge is -2.37. The van der Waals surface area contributed by atoms with E-state index in [-0.39, 0.29) is 0 Å². The van der Waals surface area contributed by atoms with Gasteiger partial charge in [0.25, 0.3) is 0 Å². The predicted octanol–water partition coefficient (Wildman–Crippen LogP) is 3.54. The third-order valence-electron chi connectivity index (χ3n) is 4.55. The Balaban J connectivity index is 1.45.